The summed E-state index contributed by atoms with van der Waals surface area (Å²) >= 11 is 3.23. The zero-order chi connectivity index (χ0) is 16.4. The zero-order valence-corrected chi connectivity index (χ0v) is 13.5. The quantitative estimate of drug-likeness (QED) is 0.743. The van der Waals surface area contributed by atoms with Gasteiger partial charge in [-0.25, -0.2) is 0 Å². The highest BCUT2D eigenvalue weighted by molar-refractivity contribution is 9.10. The monoisotopic (exact) mass is 361 g/mol. The van der Waals surface area contributed by atoms with E-state index in [2.05, 4.69) is 15.9 Å². The maximum atomic E-state index is 12.9. The third-order valence-corrected chi connectivity index (χ3v) is 3.69. The smallest absolute Gasteiger partial charge is 0.298 e. The average Bonchev–Trinajstić information content (AvgIpc) is 2.35. The second-order valence-electron chi connectivity index (χ2n) is 5.78. The van der Waals surface area contributed by atoms with Crippen molar-refractivity contribution in [1.29, 1.82) is 5.26 Å². The van der Waals surface area contributed by atoms with Gasteiger partial charge in [-0.2, -0.15) is 18.4 Å². The highest BCUT2D eigenvalue weighted by Crippen LogP contribution is 2.33. The molecule has 114 valence electrons. The van der Waals surface area contributed by atoms with Crippen LogP contribution in [0.4, 0.5) is 13.2 Å². The third kappa shape index (κ3) is 4.57. The predicted molar refractivity (Wildman–Crippen MR) is 77.0 cm³/mol. The van der Waals surface area contributed by atoms with Crippen molar-refractivity contribution in [3.8, 4) is 6.07 Å². The fourth-order valence-corrected chi connectivity index (χ4v) is 2.88. The molecule has 2 nitrogen and oxygen atoms in total. The molecule has 0 heterocycles. The minimum atomic E-state index is -4.59. The first-order valence-electron chi connectivity index (χ1n) is 6.25. The van der Waals surface area contributed by atoms with Gasteiger partial charge in [0.2, 0.25) is 0 Å². The lowest BCUT2D eigenvalue weighted by Crippen LogP contribution is -2.30. The molecule has 0 fully saturated rings. The molecule has 6 heteroatoms. The molecule has 0 aromatic heterocycles. The van der Waals surface area contributed by atoms with E-state index in [4.69, 9.17) is 5.26 Å². The van der Waals surface area contributed by atoms with Crippen LogP contribution in [0.3, 0.4) is 0 Å². The lowest BCUT2D eigenvalue weighted by atomic mass is 9.87. The van der Waals surface area contributed by atoms with Gasteiger partial charge in [0.15, 0.2) is 5.78 Å². The first kappa shape index (κ1) is 17.7. The van der Waals surface area contributed by atoms with Gasteiger partial charge in [0.05, 0.1) is 22.0 Å². The molecule has 0 amide bonds. The summed E-state index contributed by atoms with van der Waals surface area (Å²) in [5.41, 5.74) is -1.60. The second kappa shape index (κ2) is 6.18. The van der Waals surface area contributed by atoms with Crippen LogP contribution in [0.1, 0.15) is 37.5 Å². The van der Waals surface area contributed by atoms with E-state index in [0.717, 1.165) is 12.1 Å². The maximum Gasteiger partial charge on any atom is 0.417 e. The molecule has 1 atom stereocenters. The van der Waals surface area contributed by atoms with Crippen molar-refractivity contribution in [1.82, 2.24) is 0 Å². The molecule has 21 heavy (non-hydrogen) atoms. The number of carbonyl (C=O) groups is 1. The van der Waals surface area contributed by atoms with Crippen LogP contribution >= 0.6 is 15.9 Å². The number of nitriles is 1. The summed E-state index contributed by atoms with van der Waals surface area (Å²) in [5, 5.41) is 8.74. The first-order valence-corrected chi connectivity index (χ1v) is 7.17. The lowest BCUT2D eigenvalue weighted by Gasteiger charge is -2.21. The van der Waals surface area contributed by atoms with Crippen LogP contribution in [-0.4, -0.2) is 10.6 Å². The van der Waals surface area contributed by atoms with Gasteiger partial charge >= 0.3 is 6.18 Å². The van der Waals surface area contributed by atoms with Crippen LogP contribution in [0.15, 0.2) is 18.2 Å². The van der Waals surface area contributed by atoms with Gasteiger partial charge in [0.25, 0.3) is 0 Å². The van der Waals surface area contributed by atoms with Gasteiger partial charge in [-0.1, -0.05) is 42.8 Å². The van der Waals surface area contributed by atoms with E-state index in [1.807, 2.05) is 0 Å². The van der Waals surface area contributed by atoms with Crippen molar-refractivity contribution in [3.05, 3.63) is 34.9 Å². The van der Waals surface area contributed by atoms with Crippen molar-refractivity contribution in [2.45, 2.75) is 38.2 Å². The van der Waals surface area contributed by atoms with Crippen molar-refractivity contribution < 1.29 is 18.0 Å². The largest absolute Gasteiger partial charge is 0.417 e. The molecule has 0 spiro atoms. The fraction of sp³-hybridized carbons (Fsp3) is 0.467. The van der Waals surface area contributed by atoms with Crippen LogP contribution in [0.5, 0.6) is 0 Å². The summed E-state index contributed by atoms with van der Waals surface area (Å²) in [5.74, 6) is -0.0829. The number of Topliss-reactive ketones (excluding diaryl/α,β-unsaturated/α-hetero) is 1. The third-order valence-electron chi connectivity index (χ3n) is 2.95. The summed E-state index contributed by atoms with van der Waals surface area (Å²) in [4.78, 5) is 11.5. The van der Waals surface area contributed by atoms with Crippen LogP contribution < -0.4 is 0 Å². The fourth-order valence-electron chi connectivity index (χ4n) is 1.82. The minimum Gasteiger partial charge on any atom is -0.298 e. The summed E-state index contributed by atoms with van der Waals surface area (Å²) < 4.78 is 38.6. The highest BCUT2D eigenvalue weighted by Gasteiger charge is 2.34. The average molecular weight is 362 g/mol. The summed E-state index contributed by atoms with van der Waals surface area (Å²) in [6.45, 7) is 5.26. The van der Waals surface area contributed by atoms with E-state index in [-0.39, 0.29) is 12.2 Å². The Bertz CT molecular complexity index is 582. The Hall–Kier alpha value is -1.35. The number of benzene rings is 1. The van der Waals surface area contributed by atoms with Crippen molar-refractivity contribution in [3.63, 3.8) is 0 Å². The number of rotatable bonds is 3. The lowest BCUT2D eigenvalue weighted by molar-refractivity contribution is -0.137. The molecule has 0 aliphatic carbocycles. The molecule has 1 rings (SSSR count). The minimum absolute atomic E-state index is 0.0829. The van der Waals surface area contributed by atoms with E-state index in [1.165, 1.54) is 12.1 Å². The van der Waals surface area contributed by atoms with Gasteiger partial charge in [-0.15, -0.1) is 0 Å². The Morgan fingerprint density at radius 3 is 2.33 bits per heavy atom. The normalized spacial score (nSPS) is 13.6. The van der Waals surface area contributed by atoms with Crippen LogP contribution in [-0.2, 0) is 17.4 Å². The standard InChI is InChI=1S/C15H15BrF3NO/c1-14(2,3)13(21)12(16)7-9-4-5-10(8-20)11(6-9)15(17,18)19/h4-6,12H,7H2,1-3H3. The van der Waals surface area contributed by atoms with E-state index >= 15 is 0 Å². The summed E-state index contributed by atoms with van der Waals surface area (Å²) in [7, 11) is 0. The molecule has 0 saturated carbocycles. The van der Waals surface area contributed by atoms with Gasteiger partial charge in [-0.05, 0) is 24.1 Å². The Balaban J connectivity index is 3.07. The number of carbonyl (C=O) groups excluding carboxylic acids is 1. The molecule has 1 unspecified atom stereocenters. The van der Waals surface area contributed by atoms with E-state index in [0.29, 0.717) is 5.56 Å². The zero-order valence-electron chi connectivity index (χ0n) is 11.9. The Morgan fingerprint density at radius 2 is 1.90 bits per heavy atom. The number of hydrogen-bond acceptors (Lipinski definition) is 2. The summed E-state index contributed by atoms with van der Waals surface area (Å²) in [6, 6.07) is 5.05. The summed E-state index contributed by atoms with van der Waals surface area (Å²) in [6.07, 6.45) is -4.44. The molecule has 0 aliphatic heterocycles. The molecule has 0 aliphatic rings. The Kier molecular flexibility index (Phi) is 5.21. The SMILES string of the molecule is CC(C)(C)C(=O)C(Br)Cc1ccc(C#N)c(C(F)(F)F)c1. The highest BCUT2D eigenvalue weighted by atomic mass is 79.9. The molecular weight excluding hydrogens is 347 g/mol. The van der Waals surface area contributed by atoms with Gasteiger partial charge in [0.1, 0.15) is 0 Å². The molecule has 0 bridgehead atoms. The van der Waals surface area contributed by atoms with Crippen LogP contribution in [0, 0.1) is 16.7 Å². The van der Waals surface area contributed by atoms with Gasteiger partial charge < -0.3 is 0 Å². The number of halogens is 4. The second-order valence-corrected chi connectivity index (χ2v) is 6.88. The predicted octanol–water partition coefficient (Wildman–Crippen LogP) is 4.50. The van der Waals surface area contributed by atoms with Gasteiger partial charge in [-0.3, -0.25) is 4.79 Å². The number of alkyl halides is 4. The van der Waals surface area contributed by atoms with Gasteiger partial charge in [0, 0.05) is 5.41 Å². The van der Waals surface area contributed by atoms with Crippen LogP contribution in [0.25, 0.3) is 0 Å². The van der Waals surface area contributed by atoms with E-state index in [1.54, 1.807) is 20.8 Å². The molecule has 1 aromatic carbocycles. The van der Waals surface area contributed by atoms with Crippen molar-refractivity contribution in [2.24, 2.45) is 5.41 Å². The Labute approximate surface area is 130 Å². The van der Waals surface area contributed by atoms with Crippen LogP contribution in [0.2, 0.25) is 0 Å². The maximum absolute atomic E-state index is 12.9. The number of hydrogen-bond donors (Lipinski definition) is 0. The van der Waals surface area contributed by atoms with Crippen molar-refractivity contribution in [2.75, 3.05) is 0 Å². The van der Waals surface area contributed by atoms with Crippen molar-refractivity contribution >= 4 is 21.7 Å². The van der Waals surface area contributed by atoms with E-state index < -0.39 is 27.5 Å². The Morgan fingerprint density at radius 1 is 1.33 bits per heavy atom. The molecule has 1 aromatic rings. The topological polar surface area (TPSA) is 40.9 Å². The number of nitrogens with zero attached hydrogens (tertiary/aromatic N) is 1. The van der Waals surface area contributed by atoms with E-state index in [9.17, 15) is 18.0 Å². The molecule has 0 radical (unpaired) electrons. The number of ketones is 1. The first-order chi connectivity index (χ1) is 9.46. The molecule has 0 saturated heterocycles. The molecular formula is C15H15BrF3NO. The molecule has 0 N–H and O–H groups in total.